The van der Waals surface area contributed by atoms with Crippen LogP contribution in [0.15, 0.2) is 28.9 Å². The molecule has 2 aromatic heterocycles. The molecule has 0 aliphatic carbocycles. The molecule has 0 fully saturated rings. The predicted octanol–water partition coefficient (Wildman–Crippen LogP) is 2.21. The highest BCUT2D eigenvalue weighted by Gasteiger charge is 2.12. The molecule has 96 valence electrons. The lowest BCUT2D eigenvalue weighted by molar-refractivity contribution is 0.314. The van der Waals surface area contributed by atoms with Crippen molar-refractivity contribution in [2.45, 2.75) is 0 Å². The Balaban J connectivity index is 2.00. The molecular formula is C10H7ClN6O2. The van der Waals surface area contributed by atoms with Crippen LogP contribution in [0.2, 0.25) is 5.02 Å². The average Bonchev–Trinajstić information content (AvgIpc) is 2.87. The minimum absolute atomic E-state index is 0.109. The number of fused-ring (bicyclic) bond motifs is 1. The number of nitrogens with one attached hydrogen (secondary N) is 2. The van der Waals surface area contributed by atoms with E-state index in [-0.39, 0.29) is 22.9 Å². The summed E-state index contributed by atoms with van der Waals surface area (Å²) in [7, 11) is 0. The Morgan fingerprint density at radius 3 is 2.26 bits per heavy atom. The molecule has 0 atom stereocenters. The van der Waals surface area contributed by atoms with E-state index in [2.05, 4.69) is 30.2 Å². The summed E-state index contributed by atoms with van der Waals surface area (Å²) in [5, 5.41) is 19.7. The summed E-state index contributed by atoms with van der Waals surface area (Å²) in [6.45, 7) is 0. The molecule has 0 unspecified atom stereocenters. The second-order valence-corrected chi connectivity index (χ2v) is 4.01. The number of rotatable bonds is 3. The van der Waals surface area contributed by atoms with Gasteiger partial charge in [0.25, 0.3) is 0 Å². The first-order chi connectivity index (χ1) is 9.26. The Hall–Kier alpha value is -2.45. The Morgan fingerprint density at radius 1 is 1.00 bits per heavy atom. The molecule has 0 aliphatic heterocycles. The Kier molecular flexibility index (Phi) is 2.86. The van der Waals surface area contributed by atoms with Gasteiger partial charge in [-0.1, -0.05) is 11.6 Å². The van der Waals surface area contributed by atoms with E-state index in [0.717, 1.165) is 5.69 Å². The van der Waals surface area contributed by atoms with Gasteiger partial charge in [-0.15, -0.1) is 0 Å². The van der Waals surface area contributed by atoms with Crippen molar-refractivity contribution in [2.24, 2.45) is 0 Å². The van der Waals surface area contributed by atoms with Gasteiger partial charge >= 0.3 is 0 Å². The van der Waals surface area contributed by atoms with Gasteiger partial charge in [-0.3, -0.25) is 5.21 Å². The first-order valence-corrected chi connectivity index (χ1v) is 5.57. The van der Waals surface area contributed by atoms with Crippen molar-refractivity contribution in [1.29, 1.82) is 0 Å². The molecule has 3 aromatic rings. The van der Waals surface area contributed by atoms with Gasteiger partial charge in [-0.2, -0.15) is 4.98 Å². The maximum absolute atomic E-state index is 9.05. The molecule has 0 saturated heterocycles. The molecular weight excluding hydrogens is 272 g/mol. The van der Waals surface area contributed by atoms with Gasteiger partial charge in [-0.05, 0) is 34.6 Å². The molecule has 0 bridgehead atoms. The van der Waals surface area contributed by atoms with E-state index in [0.29, 0.717) is 5.02 Å². The van der Waals surface area contributed by atoms with Gasteiger partial charge in [0.1, 0.15) is 0 Å². The molecule has 9 heteroatoms. The van der Waals surface area contributed by atoms with Crippen LogP contribution < -0.4 is 10.8 Å². The molecule has 3 N–H and O–H groups in total. The van der Waals surface area contributed by atoms with Crippen LogP contribution >= 0.6 is 11.6 Å². The molecule has 1 aromatic carbocycles. The fourth-order valence-corrected chi connectivity index (χ4v) is 1.60. The smallest absolute Gasteiger partial charge is 0.245 e. The highest BCUT2D eigenvalue weighted by atomic mass is 35.5. The second-order valence-electron chi connectivity index (χ2n) is 3.58. The van der Waals surface area contributed by atoms with Gasteiger partial charge in [-0.25, -0.2) is 15.1 Å². The molecule has 2 heterocycles. The van der Waals surface area contributed by atoms with Crippen LogP contribution in [0, 0.1) is 0 Å². The minimum atomic E-state index is 0.109. The normalized spacial score (nSPS) is 10.6. The number of aromatic nitrogens is 4. The van der Waals surface area contributed by atoms with E-state index in [1.807, 2.05) is 5.48 Å². The van der Waals surface area contributed by atoms with Crippen molar-refractivity contribution in [3.8, 4) is 0 Å². The number of nitrogens with zero attached hydrogens (tertiary/aromatic N) is 4. The highest BCUT2D eigenvalue weighted by molar-refractivity contribution is 6.30. The van der Waals surface area contributed by atoms with Crippen LogP contribution in [0.3, 0.4) is 0 Å². The van der Waals surface area contributed by atoms with Crippen LogP contribution in [0.4, 0.5) is 17.3 Å². The van der Waals surface area contributed by atoms with E-state index in [1.54, 1.807) is 24.3 Å². The van der Waals surface area contributed by atoms with Crippen LogP contribution in [-0.4, -0.2) is 25.5 Å². The van der Waals surface area contributed by atoms with Crippen LogP contribution in [-0.2, 0) is 0 Å². The minimum Gasteiger partial charge on any atom is -0.337 e. The third-order valence-electron chi connectivity index (χ3n) is 2.33. The molecule has 0 radical (unpaired) electrons. The maximum atomic E-state index is 9.05. The third-order valence-corrected chi connectivity index (χ3v) is 2.58. The summed E-state index contributed by atoms with van der Waals surface area (Å²) < 4.78 is 4.51. The second kappa shape index (κ2) is 4.67. The van der Waals surface area contributed by atoms with E-state index in [9.17, 15) is 0 Å². The number of benzene rings is 1. The van der Waals surface area contributed by atoms with E-state index in [1.165, 1.54) is 0 Å². The molecule has 0 saturated carbocycles. The monoisotopic (exact) mass is 278 g/mol. The topological polar surface area (TPSA) is 109 Å². The van der Waals surface area contributed by atoms with E-state index < -0.39 is 0 Å². The zero-order valence-electron chi connectivity index (χ0n) is 9.33. The van der Waals surface area contributed by atoms with Gasteiger partial charge in [0.15, 0.2) is 11.6 Å². The summed E-state index contributed by atoms with van der Waals surface area (Å²) >= 11 is 5.80. The van der Waals surface area contributed by atoms with Gasteiger partial charge in [0, 0.05) is 10.7 Å². The highest BCUT2D eigenvalue weighted by Crippen LogP contribution is 2.23. The standard InChI is InChI=1S/C10H7ClN6O2/c11-5-1-3-6(4-2-5)12-7-8(15-18)14-10-9(13-7)16-19-17-10/h1-4,18H,(H,12,13,16)(H,14,15,17). The lowest BCUT2D eigenvalue weighted by Gasteiger charge is -2.08. The Bertz CT molecular complexity index is 714. The van der Waals surface area contributed by atoms with Crippen LogP contribution in [0.1, 0.15) is 0 Å². The summed E-state index contributed by atoms with van der Waals surface area (Å²) in [5.41, 5.74) is 3.09. The van der Waals surface area contributed by atoms with Crippen molar-refractivity contribution >= 4 is 40.2 Å². The van der Waals surface area contributed by atoms with Gasteiger partial charge < -0.3 is 5.32 Å². The summed E-state index contributed by atoms with van der Waals surface area (Å²) in [5.74, 6) is 0.395. The zero-order valence-corrected chi connectivity index (χ0v) is 10.1. The third kappa shape index (κ3) is 2.26. The predicted molar refractivity (Wildman–Crippen MR) is 67.5 cm³/mol. The van der Waals surface area contributed by atoms with Crippen molar-refractivity contribution in [2.75, 3.05) is 10.8 Å². The molecule has 8 nitrogen and oxygen atoms in total. The Labute approximate surface area is 111 Å². The number of hydrogen-bond acceptors (Lipinski definition) is 8. The summed E-state index contributed by atoms with van der Waals surface area (Å²) in [6, 6.07) is 6.96. The van der Waals surface area contributed by atoms with E-state index >= 15 is 0 Å². The molecule has 0 spiro atoms. The van der Waals surface area contributed by atoms with Crippen LogP contribution in [0.25, 0.3) is 11.3 Å². The molecule has 0 amide bonds. The fraction of sp³-hybridized carbons (Fsp3) is 0. The van der Waals surface area contributed by atoms with Crippen molar-refractivity contribution in [3.63, 3.8) is 0 Å². The Morgan fingerprint density at radius 2 is 1.63 bits per heavy atom. The molecule has 0 aliphatic rings. The average molecular weight is 279 g/mol. The lowest BCUT2D eigenvalue weighted by atomic mass is 10.3. The SMILES string of the molecule is ONc1nc2nonc2nc1Nc1ccc(Cl)cc1. The van der Waals surface area contributed by atoms with Crippen molar-refractivity contribution in [1.82, 2.24) is 20.3 Å². The van der Waals surface area contributed by atoms with Crippen molar-refractivity contribution in [3.05, 3.63) is 29.3 Å². The lowest BCUT2D eigenvalue weighted by Crippen LogP contribution is -2.03. The van der Waals surface area contributed by atoms with E-state index in [4.69, 9.17) is 16.8 Å². The molecule has 19 heavy (non-hydrogen) atoms. The largest absolute Gasteiger partial charge is 0.337 e. The fourth-order valence-electron chi connectivity index (χ4n) is 1.47. The van der Waals surface area contributed by atoms with Gasteiger partial charge in [0.05, 0.1) is 0 Å². The molecule has 3 rings (SSSR count). The first-order valence-electron chi connectivity index (χ1n) is 5.19. The number of halogens is 1. The maximum Gasteiger partial charge on any atom is 0.245 e. The van der Waals surface area contributed by atoms with Crippen molar-refractivity contribution < 1.29 is 9.84 Å². The van der Waals surface area contributed by atoms with Gasteiger partial charge in [0.2, 0.25) is 11.3 Å². The van der Waals surface area contributed by atoms with Crippen LogP contribution in [0.5, 0.6) is 0 Å². The number of hydrogen-bond donors (Lipinski definition) is 3. The summed E-state index contributed by atoms with van der Waals surface area (Å²) in [4.78, 5) is 8.12. The first kappa shape index (κ1) is 11.6. The summed E-state index contributed by atoms with van der Waals surface area (Å²) in [6.07, 6.45) is 0. The zero-order chi connectivity index (χ0) is 13.2. The quantitative estimate of drug-likeness (QED) is 0.626. The number of anilines is 3.